The van der Waals surface area contributed by atoms with Crippen molar-refractivity contribution in [1.29, 1.82) is 0 Å². The van der Waals surface area contributed by atoms with Crippen LogP contribution in [0.25, 0.3) is 0 Å². The van der Waals surface area contributed by atoms with E-state index in [1.165, 1.54) is 41.3 Å². The summed E-state index contributed by atoms with van der Waals surface area (Å²) in [4.78, 5) is 37.0. The molecule has 1 aromatic heterocycles. The first-order valence-corrected chi connectivity index (χ1v) is 12.1. The van der Waals surface area contributed by atoms with Crippen LogP contribution in [0.3, 0.4) is 0 Å². The number of hydrogen-bond donors (Lipinski definition) is 2. The highest BCUT2D eigenvalue weighted by Crippen LogP contribution is 2.41. The van der Waals surface area contributed by atoms with Crippen molar-refractivity contribution in [3.05, 3.63) is 62.5 Å². The topological polar surface area (TPSA) is 160 Å². The van der Waals surface area contributed by atoms with Gasteiger partial charge in [0.1, 0.15) is 0 Å². The van der Waals surface area contributed by atoms with Gasteiger partial charge in [-0.3, -0.25) is 10.1 Å². The second-order valence-electron chi connectivity index (χ2n) is 6.98. The summed E-state index contributed by atoms with van der Waals surface area (Å²) < 4.78 is 11.2. The van der Waals surface area contributed by atoms with E-state index in [0.717, 1.165) is 0 Å². The fourth-order valence-corrected chi connectivity index (χ4v) is 5.11. The zero-order valence-corrected chi connectivity index (χ0v) is 20.3. The second kappa shape index (κ2) is 11.1. The average Bonchev–Trinajstić information content (AvgIpc) is 3.22. The number of non-ortho nitro benzene ring substituents is 1. The highest BCUT2D eigenvalue weighted by atomic mass is 32.2. The standard InChI is InChI=1S/C21H23N5O6S2/c1-4-31-18(27)15-11(3)23-14(10-33-21-25-24-20(22)34-21)17(19(28)32-5-2)16(15)12-7-6-8-13(9-12)26(29)30/h6-9,16,23H,4-5,10H2,1-3H3,(H2,22,24). The molecule has 1 unspecified atom stereocenters. The molecule has 2 aromatic rings. The molecule has 0 aliphatic carbocycles. The molecule has 0 radical (unpaired) electrons. The van der Waals surface area contributed by atoms with E-state index in [2.05, 4.69) is 15.5 Å². The molecule has 2 heterocycles. The molecule has 34 heavy (non-hydrogen) atoms. The summed E-state index contributed by atoms with van der Waals surface area (Å²) >= 11 is 2.51. The number of nitrogens with zero attached hydrogens (tertiary/aromatic N) is 3. The minimum atomic E-state index is -0.936. The molecule has 1 aliphatic rings. The third-order valence-corrected chi connectivity index (χ3v) is 6.72. The predicted molar refractivity (Wildman–Crippen MR) is 127 cm³/mol. The number of ether oxygens (including phenoxy) is 2. The van der Waals surface area contributed by atoms with Crippen molar-refractivity contribution in [3.63, 3.8) is 0 Å². The van der Waals surface area contributed by atoms with Crippen LogP contribution in [-0.4, -0.2) is 46.0 Å². The van der Waals surface area contributed by atoms with Crippen molar-refractivity contribution >= 4 is 45.9 Å². The number of nitro benzene ring substituents is 1. The molecule has 0 bridgehead atoms. The van der Waals surface area contributed by atoms with Gasteiger partial charge < -0.3 is 20.5 Å². The number of allylic oxidation sites excluding steroid dienone is 1. The lowest BCUT2D eigenvalue weighted by molar-refractivity contribution is -0.384. The van der Waals surface area contributed by atoms with E-state index in [9.17, 15) is 19.7 Å². The number of nitro groups is 1. The Bertz CT molecular complexity index is 1180. The minimum Gasteiger partial charge on any atom is -0.463 e. The van der Waals surface area contributed by atoms with Gasteiger partial charge in [-0.2, -0.15) is 0 Å². The fraction of sp³-hybridized carbons (Fsp3) is 0.333. The molecule has 180 valence electrons. The van der Waals surface area contributed by atoms with Gasteiger partial charge in [0.15, 0.2) is 4.34 Å². The quantitative estimate of drug-likeness (QED) is 0.223. The number of dihydropyridines is 1. The number of nitrogens with two attached hydrogens (primary N) is 1. The van der Waals surface area contributed by atoms with Gasteiger partial charge in [0.05, 0.1) is 35.2 Å². The Morgan fingerprint density at radius 3 is 2.47 bits per heavy atom. The number of benzene rings is 1. The van der Waals surface area contributed by atoms with Crippen LogP contribution in [0.1, 0.15) is 32.3 Å². The van der Waals surface area contributed by atoms with Crippen LogP contribution in [0.5, 0.6) is 0 Å². The van der Waals surface area contributed by atoms with Crippen LogP contribution in [0.2, 0.25) is 0 Å². The van der Waals surface area contributed by atoms with E-state index >= 15 is 0 Å². The SMILES string of the molecule is CCOC(=O)C1=C(C)NC(CSc2nnc(N)s2)=C(C(=O)OCC)C1c1cccc([N+](=O)[O-])c1. The van der Waals surface area contributed by atoms with E-state index in [0.29, 0.717) is 26.4 Å². The van der Waals surface area contributed by atoms with Crippen LogP contribution in [0.15, 0.2) is 51.1 Å². The molecule has 13 heteroatoms. The minimum absolute atomic E-state index is 0.106. The lowest BCUT2D eigenvalue weighted by Gasteiger charge is -2.31. The van der Waals surface area contributed by atoms with Gasteiger partial charge in [-0.1, -0.05) is 35.2 Å². The van der Waals surface area contributed by atoms with Crippen LogP contribution >= 0.6 is 23.1 Å². The molecule has 3 rings (SSSR count). The summed E-state index contributed by atoms with van der Waals surface area (Å²) in [5, 5.41) is 22.6. The molecule has 3 N–H and O–H groups in total. The maximum absolute atomic E-state index is 13.2. The molecule has 1 aliphatic heterocycles. The smallest absolute Gasteiger partial charge is 0.336 e. The van der Waals surface area contributed by atoms with Crippen LogP contribution in [0.4, 0.5) is 10.8 Å². The Morgan fingerprint density at radius 1 is 1.21 bits per heavy atom. The third kappa shape index (κ3) is 5.54. The van der Waals surface area contributed by atoms with Crippen LogP contribution in [-0.2, 0) is 19.1 Å². The Balaban J connectivity index is 2.16. The van der Waals surface area contributed by atoms with Crippen LogP contribution < -0.4 is 11.1 Å². The van der Waals surface area contributed by atoms with E-state index in [4.69, 9.17) is 15.2 Å². The molecule has 0 saturated carbocycles. The third-order valence-electron chi connectivity index (χ3n) is 4.81. The maximum Gasteiger partial charge on any atom is 0.336 e. The number of rotatable bonds is 9. The van der Waals surface area contributed by atoms with Gasteiger partial charge in [0, 0.05) is 29.3 Å². The Kier molecular flexibility index (Phi) is 8.23. The van der Waals surface area contributed by atoms with Crippen molar-refractivity contribution in [2.75, 3.05) is 24.7 Å². The van der Waals surface area contributed by atoms with Gasteiger partial charge in [0.2, 0.25) is 5.13 Å². The van der Waals surface area contributed by atoms with Crippen molar-refractivity contribution in [2.24, 2.45) is 0 Å². The van der Waals surface area contributed by atoms with E-state index in [-0.39, 0.29) is 35.8 Å². The van der Waals surface area contributed by atoms with Crippen molar-refractivity contribution < 1.29 is 24.0 Å². The summed E-state index contributed by atoms with van der Waals surface area (Å²) in [6, 6.07) is 5.83. The summed E-state index contributed by atoms with van der Waals surface area (Å²) in [5.41, 5.74) is 7.18. The highest BCUT2D eigenvalue weighted by molar-refractivity contribution is 8.01. The zero-order valence-electron chi connectivity index (χ0n) is 18.7. The summed E-state index contributed by atoms with van der Waals surface area (Å²) in [5.74, 6) is -1.95. The van der Waals surface area contributed by atoms with E-state index in [1.54, 1.807) is 26.8 Å². The number of esters is 2. The summed E-state index contributed by atoms with van der Waals surface area (Å²) in [7, 11) is 0. The van der Waals surface area contributed by atoms with Gasteiger partial charge in [0.25, 0.3) is 5.69 Å². The van der Waals surface area contributed by atoms with Crippen molar-refractivity contribution in [1.82, 2.24) is 15.5 Å². The second-order valence-corrected chi connectivity index (χ2v) is 9.21. The molecular formula is C21H23N5O6S2. The van der Waals surface area contributed by atoms with Gasteiger partial charge in [-0.15, -0.1) is 10.2 Å². The monoisotopic (exact) mass is 505 g/mol. The number of anilines is 1. The van der Waals surface area contributed by atoms with Gasteiger partial charge >= 0.3 is 11.9 Å². The zero-order chi connectivity index (χ0) is 24.8. The largest absolute Gasteiger partial charge is 0.463 e. The molecule has 1 atom stereocenters. The van der Waals surface area contributed by atoms with E-state index < -0.39 is 22.8 Å². The van der Waals surface area contributed by atoms with E-state index in [1.807, 2.05) is 0 Å². The maximum atomic E-state index is 13.2. The average molecular weight is 506 g/mol. The summed E-state index contributed by atoms with van der Waals surface area (Å²) in [6.45, 7) is 5.26. The Hall–Kier alpha value is -3.45. The number of thioether (sulfide) groups is 1. The highest BCUT2D eigenvalue weighted by Gasteiger charge is 2.39. The number of carbonyl (C=O) groups excluding carboxylic acids is 2. The molecule has 0 spiro atoms. The number of hydrogen-bond acceptors (Lipinski definition) is 12. The number of aromatic nitrogens is 2. The Labute approximate surface area is 203 Å². The van der Waals surface area contributed by atoms with Gasteiger partial charge in [-0.25, -0.2) is 9.59 Å². The molecular weight excluding hydrogens is 482 g/mol. The van der Waals surface area contributed by atoms with Gasteiger partial charge in [-0.05, 0) is 26.3 Å². The first-order valence-electron chi connectivity index (χ1n) is 10.3. The molecule has 1 aromatic carbocycles. The number of nitrogens with one attached hydrogen (secondary N) is 1. The van der Waals surface area contributed by atoms with Crippen molar-refractivity contribution in [2.45, 2.75) is 31.0 Å². The fourth-order valence-electron chi connectivity index (χ4n) is 3.50. The molecule has 0 amide bonds. The predicted octanol–water partition coefficient (Wildman–Crippen LogP) is 3.16. The lowest BCUT2D eigenvalue weighted by atomic mass is 9.80. The number of carbonyl (C=O) groups is 2. The first kappa shape index (κ1) is 25.2. The normalized spacial score (nSPS) is 15.7. The van der Waals surface area contributed by atoms with Crippen molar-refractivity contribution in [3.8, 4) is 0 Å². The molecule has 0 fully saturated rings. The molecule has 11 nitrogen and oxygen atoms in total. The molecule has 0 saturated heterocycles. The Morgan fingerprint density at radius 2 is 1.88 bits per heavy atom. The lowest BCUT2D eigenvalue weighted by Crippen LogP contribution is -2.34. The summed E-state index contributed by atoms with van der Waals surface area (Å²) in [6.07, 6.45) is 0. The first-order chi connectivity index (χ1) is 16.3. The number of nitrogen functional groups attached to an aromatic ring is 1. The van der Waals surface area contributed by atoms with Crippen LogP contribution in [0, 0.1) is 10.1 Å².